The summed E-state index contributed by atoms with van der Waals surface area (Å²) in [7, 11) is 0. The molecule has 2 aliphatic rings. The van der Waals surface area contributed by atoms with Crippen molar-refractivity contribution in [2.45, 2.75) is 64.0 Å². The van der Waals surface area contributed by atoms with Gasteiger partial charge < -0.3 is 20.7 Å². The van der Waals surface area contributed by atoms with Crippen molar-refractivity contribution < 1.29 is 41.5 Å². The molecule has 3 atom stereocenters. The maximum atomic E-state index is 13.6. The number of benzene rings is 2. The SMILES string of the molecule is CC(C)[C@H](N)C(=O)Nc1ccc2c(c1)CCC21OC(=O)N(CC(=O)N(Cc2ccc(F)cc2)[C@@H](C)C(F)(F)F)C1=O. The van der Waals surface area contributed by atoms with Crippen molar-refractivity contribution in [3.8, 4) is 0 Å². The molecule has 13 heteroatoms. The van der Waals surface area contributed by atoms with Gasteiger partial charge in [-0.15, -0.1) is 0 Å². The monoisotopic (exact) mass is 578 g/mol. The normalized spacial score (nSPS) is 19.8. The summed E-state index contributed by atoms with van der Waals surface area (Å²) in [5.74, 6) is -3.09. The van der Waals surface area contributed by atoms with Crippen LogP contribution in [-0.2, 0) is 37.7 Å². The molecular formula is C28H30F4N4O5. The molecule has 1 aliphatic heterocycles. The van der Waals surface area contributed by atoms with Gasteiger partial charge in [-0.3, -0.25) is 14.4 Å². The van der Waals surface area contributed by atoms with E-state index in [9.17, 15) is 36.7 Å². The molecule has 0 radical (unpaired) electrons. The van der Waals surface area contributed by atoms with E-state index in [1.54, 1.807) is 19.9 Å². The minimum absolute atomic E-state index is 0.0543. The number of anilines is 1. The lowest BCUT2D eigenvalue weighted by Gasteiger charge is -2.31. The van der Waals surface area contributed by atoms with E-state index in [0.29, 0.717) is 33.0 Å². The van der Waals surface area contributed by atoms with Crippen LogP contribution in [0.4, 0.5) is 28.0 Å². The summed E-state index contributed by atoms with van der Waals surface area (Å²) < 4.78 is 59.7. The molecule has 9 nitrogen and oxygen atoms in total. The molecule has 1 fully saturated rings. The van der Waals surface area contributed by atoms with E-state index in [1.165, 1.54) is 24.3 Å². The maximum Gasteiger partial charge on any atom is 0.418 e. The number of ether oxygens (including phenoxy) is 1. The zero-order valence-electron chi connectivity index (χ0n) is 22.6. The number of halogens is 4. The van der Waals surface area contributed by atoms with Crippen molar-refractivity contribution in [2.24, 2.45) is 11.7 Å². The van der Waals surface area contributed by atoms with Crippen LogP contribution in [0.15, 0.2) is 42.5 Å². The number of fused-ring (bicyclic) bond motifs is 2. The van der Waals surface area contributed by atoms with E-state index < -0.39 is 60.7 Å². The number of hydrogen-bond acceptors (Lipinski definition) is 6. The average Bonchev–Trinajstić information content (AvgIpc) is 3.38. The van der Waals surface area contributed by atoms with Gasteiger partial charge in [-0.05, 0) is 54.7 Å². The van der Waals surface area contributed by atoms with Crippen molar-refractivity contribution in [3.63, 3.8) is 0 Å². The summed E-state index contributed by atoms with van der Waals surface area (Å²) in [6.07, 6.45) is -5.60. The number of nitrogens with two attached hydrogens (primary N) is 1. The van der Waals surface area contributed by atoms with Crippen molar-refractivity contribution in [1.29, 1.82) is 0 Å². The first-order chi connectivity index (χ1) is 19.1. The Morgan fingerprint density at radius 1 is 1.12 bits per heavy atom. The van der Waals surface area contributed by atoms with Crippen molar-refractivity contribution >= 4 is 29.5 Å². The topological polar surface area (TPSA) is 122 Å². The number of alkyl halides is 3. The number of hydrogen-bond donors (Lipinski definition) is 2. The number of nitrogens with zero attached hydrogens (tertiary/aromatic N) is 2. The highest BCUT2D eigenvalue weighted by atomic mass is 19.4. The number of amides is 4. The van der Waals surface area contributed by atoms with Gasteiger partial charge >= 0.3 is 12.3 Å². The van der Waals surface area contributed by atoms with Crippen molar-refractivity contribution in [2.75, 3.05) is 11.9 Å². The first-order valence-electron chi connectivity index (χ1n) is 13.0. The Bertz CT molecular complexity index is 1360. The van der Waals surface area contributed by atoms with Gasteiger partial charge in [-0.2, -0.15) is 13.2 Å². The second kappa shape index (κ2) is 11.1. The van der Waals surface area contributed by atoms with E-state index >= 15 is 0 Å². The molecule has 1 saturated heterocycles. The van der Waals surface area contributed by atoms with Gasteiger partial charge in [-0.25, -0.2) is 14.1 Å². The molecule has 1 aliphatic carbocycles. The van der Waals surface area contributed by atoms with Gasteiger partial charge in [0.1, 0.15) is 18.4 Å². The van der Waals surface area contributed by atoms with Crippen molar-refractivity contribution in [1.82, 2.24) is 9.80 Å². The van der Waals surface area contributed by atoms with Crippen LogP contribution in [0.5, 0.6) is 0 Å². The molecule has 4 rings (SSSR count). The average molecular weight is 579 g/mol. The fourth-order valence-corrected chi connectivity index (χ4v) is 4.89. The van der Waals surface area contributed by atoms with Gasteiger partial charge in [0.15, 0.2) is 0 Å². The third-order valence-electron chi connectivity index (χ3n) is 7.47. The zero-order valence-corrected chi connectivity index (χ0v) is 22.6. The Kier molecular flexibility index (Phi) is 8.12. The molecule has 1 unspecified atom stereocenters. The molecule has 3 N–H and O–H groups in total. The first-order valence-corrected chi connectivity index (χ1v) is 13.0. The third kappa shape index (κ3) is 5.90. The maximum absolute atomic E-state index is 13.6. The quantitative estimate of drug-likeness (QED) is 0.459. The largest absolute Gasteiger partial charge is 0.427 e. The third-order valence-corrected chi connectivity index (χ3v) is 7.47. The fraction of sp³-hybridized carbons (Fsp3) is 0.429. The summed E-state index contributed by atoms with van der Waals surface area (Å²) in [5, 5.41) is 2.71. The van der Waals surface area contributed by atoms with Gasteiger partial charge in [0, 0.05) is 24.2 Å². The molecule has 0 bridgehead atoms. The van der Waals surface area contributed by atoms with Crippen LogP contribution in [0.25, 0.3) is 0 Å². The Labute approximate surface area is 233 Å². The number of rotatable bonds is 8. The molecule has 4 amide bonds. The van der Waals surface area contributed by atoms with E-state index in [0.717, 1.165) is 19.1 Å². The number of carbonyl (C=O) groups is 4. The highest BCUT2D eigenvalue weighted by Gasteiger charge is 2.58. The fourth-order valence-electron chi connectivity index (χ4n) is 4.89. The molecule has 220 valence electrons. The minimum Gasteiger partial charge on any atom is -0.427 e. The number of imide groups is 1. The lowest BCUT2D eigenvalue weighted by molar-refractivity contribution is -0.187. The smallest absolute Gasteiger partial charge is 0.418 e. The van der Waals surface area contributed by atoms with Crippen LogP contribution in [0.1, 0.15) is 43.9 Å². The molecule has 1 heterocycles. The lowest BCUT2D eigenvalue weighted by Crippen LogP contribution is -2.51. The first kappa shape index (κ1) is 30.0. The number of nitrogens with one attached hydrogen (secondary N) is 1. The predicted molar refractivity (Wildman–Crippen MR) is 139 cm³/mol. The van der Waals surface area contributed by atoms with Crippen LogP contribution in [0.3, 0.4) is 0 Å². The lowest BCUT2D eigenvalue weighted by atomic mass is 9.94. The second-order valence-electron chi connectivity index (χ2n) is 10.6. The van der Waals surface area contributed by atoms with Gasteiger partial charge in [-0.1, -0.05) is 32.0 Å². The molecule has 41 heavy (non-hydrogen) atoms. The van der Waals surface area contributed by atoms with E-state index in [4.69, 9.17) is 10.5 Å². The van der Waals surface area contributed by atoms with Gasteiger partial charge in [0.25, 0.3) is 5.91 Å². The molecule has 2 aromatic rings. The summed E-state index contributed by atoms with van der Waals surface area (Å²) in [6, 6.07) is 6.29. The number of carbonyl (C=O) groups excluding carboxylic acids is 4. The Morgan fingerprint density at radius 3 is 2.39 bits per heavy atom. The van der Waals surface area contributed by atoms with Gasteiger partial charge in [0.05, 0.1) is 6.04 Å². The van der Waals surface area contributed by atoms with Gasteiger partial charge in [0.2, 0.25) is 17.4 Å². The van der Waals surface area contributed by atoms with Crippen LogP contribution >= 0.6 is 0 Å². The summed E-state index contributed by atoms with van der Waals surface area (Å²) in [4.78, 5) is 52.8. The highest BCUT2D eigenvalue weighted by Crippen LogP contribution is 2.46. The van der Waals surface area contributed by atoms with Crippen LogP contribution < -0.4 is 11.1 Å². The summed E-state index contributed by atoms with van der Waals surface area (Å²) in [5.41, 5.74) is 5.80. The molecule has 0 aromatic heterocycles. The van der Waals surface area contributed by atoms with E-state index in [2.05, 4.69) is 5.32 Å². The summed E-state index contributed by atoms with van der Waals surface area (Å²) in [6.45, 7) is 2.89. The van der Waals surface area contributed by atoms with E-state index in [1.807, 2.05) is 0 Å². The van der Waals surface area contributed by atoms with Crippen LogP contribution in [0, 0.1) is 11.7 Å². The Morgan fingerprint density at radius 2 is 1.78 bits per heavy atom. The molecule has 1 spiro atoms. The molecule has 2 aromatic carbocycles. The second-order valence-corrected chi connectivity index (χ2v) is 10.6. The van der Waals surface area contributed by atoms with E-state index in [-0.39, 0.29) is 23.8 Å². The predicted octanol–water partition coefficient (Wildman–Crippen LogP) is 3.85. The molecule has 0 saturated carbocycles. The Balaban J connectivity index is 1.54. The zero-order chi connectivity index (χ0) is 30.3. The van der Waals surface area contributed by atoms with Crippen LogP contribution in [0.2, 0.25) is 0 Å². The summed E-state index contributed by atoms with van der Waals surface area (Å²) >= 11 is 0. The highest BCUT2D eigenvalue weighted by molar-refractivity contribution is 6.06. The standard InChI is InChI=1S/C28H30F4N4O5/c1-15(2)23(33)24(38)34-20-8-9-21-18(12-20)10-11-27(21)25(39)36(26(40)41-27)14-22(37)35(16(3)28(30,31)32)13-17-4-6-19(29)7-5-17/h4-9,12,15-16,23H,10-11,13-14,33H2,1-3H3,(H,34,38)/t16-,23-,27?/m0/s1. The number of aryl methyl sites for hydroxylation is 1. The Hall–Kier alpha value is -4.00. The minimum atomic E-state index is -4.80. The molecular weight excluding hydrogens is 548 g/mol. The van der Waals surface area contributed by atoms with Crippen molar-refractivity contribution in [3.05, 3.63) is 65.0 Å². The van der Waals surface area contributed by atoms with Crippen LogP contribution in [-0.4, -0.2) is 58.4 Å².